The van der Waals surface area contributed by atoms with Crippen molar-refractivity contribution in [2.45, 2.75) is 6.54 Å². The SMILES string of the molecule is COc1ccc2c(c1)nc(Cl)n2CC(=O)c1ccc(N(C)C)cc1. The zero-order valence-corrected chi connectivity index (χ0v) is 14.5. The van der Waals surface area contributed by atoms with Crippen LogP contribution in [0, 0.1) is 0 Å². The fourth-order valence-corrected chi connectivity index (χ4v) is 2.78. The summed E-state index contributed by atoms with van der Waals surface area (Å²) in [5.41, 5.74) is 3.20. The van der Waals surface area contributed by atoms with Crippen molar-refractivity contribution in [2.75, 3.05) is 26.1 Å². The second-order valence-corrected chi connectivity index (χ2v) is 6.02. The molecule has 0 radical (unpaired) electrons. The van der Waals surface area contributed by atoms with Crippen LogP contribution in [-0.4, -0.2) is 36.5 Å². The number of methoxy groups -OCH3 is 1. The van der Waals surface area contributed by atoms with Gasteiger partial charge in [0.15, 0.2) is 5.78 Å². The van der Waals surface area contributed by atoms with Gasteiger partial charge < -0.3 is 14.2 Å². The van der Waals surface area contributed by atoms with Crippen LogP contribution < -0.4 is 9.64 Å². The molecule has 0 saturated carbocycles. The molecule has 5 nitrogen and oxygen atoms in total. The van der Waals surface area contributed by atoms with E-state index in [1.807, 2.05) is 55.4 Å². The Balaban J connectivity index is 1.88. The van der Waals surface area contributed by atoms with Gasteiger partial charge in [0.25, 0.3) is 0 Å². The van der Waals surface area contributed by atoms with E-state index in [0.717, 1.165) is 11.2 Å². The molecule has 0 unspecified atom stereocenters. The maximum Gasteiger partial charge on any atom is 0.204 e. The quantitative estimate of drug-likeness (QED) is 0.663. The highest BCUT2D eigenvalue weighted by Crippen LogP contribution is 2.24. The van der Waals surface area contributed by atoms with E-state index < -0.39 is 0 Å². The molecule has 0 aliphatic heterocycles. The molecular formula is C18H18ClN3O2. The minimum atomic E-state index is -0.0164. The number of carbonyl (C=O) groups excluding carboxylic acids is 1. The summed E-state index contributed by atoms with van der Waals surface area (Å²) in [6.07, 6.45) is 0. The highest BCUT2D eigenvalue weighted by Gasteiger charge is 2.14. The number of halogens is 1. The monoisotopic (exact) mass is 343 g/mol. The lowest BCUT2D eigenvalue weighted by molar-refractivity contribution is 0.0973. The van der Waals surface area contributed by atoms with Crippen LogP contribution in [0.3, 0.4) is 0 Å². The fourth-order valence-electron chi connectivity index (χ4n) is 2.54. The molecule has 0 fully saturated rings. The van der Waals surface area contributed by atoms with Gasteiger partial charge in [-0.25, -0.2) is 4.98 Å². The predicted octanol–water partition coefficient (Wildman–Crippen LogP) is 3.65. The number of fused-ring (bicyclic) bond motifs is 1. The van der Waals surface area contributed by atoms with Crippen molar-refractivity contribution in [3.05, 3.63) is 53.3 Å². The topological polar surface area (TPSA) is 47.4 Å². The number of hydrogen-bond donors (Lipinski definition) is 0. The summed E-state index contributed by atoms with van der Waals surface area (Å²) in [5.74, 6) is 0.687. The number of ether oxygens (including phenoxy) is 1. The summed E-state index contributed by atoms with van der Waals surface area (Å²) in [6.45, 7) is 0.142. The maximum absolute atomic E-state index is 12.6. The van der Waals surface area contributed by atoms with Gasteiger partial charge in [0, 0.05) is 31.4 Å². The molecule has 3 aromatic rings. The number of Topliss-reactive ketones (excluding diaryl/α,β-unsaturated/α-hetero) is 1. The summed E-state index contributed by atoms with van der Waals surface area (Å²) >= 11 is 6.21. The molecule has 0 N–H and O–H groups in total. The molecule has 0 atom stereocenters. The van der Waals surface area contributed by atoms with E-state index in [1.54, 1.807) is 17.7 Å². The number of hydrogen-bond acceptors (Lipinski definition) is 4. The van der Waals surface area contributed by atoms with Gasteiger partial charge in [-0.2, -0.15) is 0 Å². The first-order chi connectivity index (χ1) is 11.5. The van der Waals surface area contributed by atoms with E-state index in [4.69, 9.17) is 16.3 Å². The molecule has 0 spiro atoms. The van der Waals surface area contributed by atoms with Crippen LogP contribution in [0.5, 0.6) is 5.75 Å². The van der Waals surface area contributed by atoms with Gasteiger partial charge in [0.2, 0.25) is 5.28 Å². The standard InChI is InChI=1S/C18H18ClN3O2/c1-21(2)13-6-4-12(5-7-13)17(23)11-22-16-9-8-14(24-3)10-15(16)20-18(22)19/h4-10H,11H2,1-3H3. The Morgan fingerprint density at radius 1 is 1.21 bits per heavy atom. The number of anilines is 1. The molecular weight excluding hydrogens is 326 g/mol. The number of rotatable bonds is 5. The third kappa shape index (κ3) is 3.08. The highest BCUT2D eigenvalue weighted by molar-refractivity contribution is 6.29. The summed E-state index contributed by atoms with van der Waals surface area (Å²) in [7, 11) is 5.52. The Hall–Kier alpha value is -2.53. The van der Waals surface area contributed by atoms with Crippen molar-refractivity contribution in [1.82, 2.24) is 9.55 Å². The average Bonchev–Trinajstić information content (AvgIpc) is 2.89. The number of ketones is 1. The second kappa shape index (κ2) is 6.53. The van der Waals surface area contributed by atoms with E-state index >= 15 is 0 Å². The van der Waals surface area contributed by atoms with E-state index in [9.17, 15) is 4.79 Å². The van der Waals surface area contributed by atoms with Gasteiger partial charge in [-0.05, 0) is 48.0 Å². The lowest BCUT2D eigenvalue weighted by Crippen LogP contribution is -2.12. The van der Waals surface area contributed by atoms with E-state index in [2.05, 4.69) is 4.98 Å². The summed E-state index contributed by atoms with van der Waals surface area (Å²) in [4.78, 5) is 18.8. The Kier molecular flexibility index (Phi) is 4.44. The van der Waals surface area contributed by atoms with Crippen LogP contribution in [-0.2, 0) is 6.54 Å². The molecule has 0 amide bonds. The van der Waals surface area contributed by atoms with Crippen molar-refractivity contribution < 1.29 is 9.53 Å². The van der Waals surface area contributed by atoms with Crippen LogP contribution >= 0.6 is 11.6 Å². The average molecular weight is 344 g/mol. The Bertz CT molecular complexity index is 885. The predicted molar refractivity (Wildman–Crippen MR) is 96.4 cm³/mol. The zero-order chi connectivity index (χ0) is 17.3. The first-order valence-corrected chi connectivity index (χ1v) is 7.88. The molecule has 0 saturated heterocycles. The van der Waals surface area contributed by atoms with Gasteiger partial charge in [-0.3, -0.25) is 4.79 Å². The van der Waals surface area contributed by atoms with Gasteiger partial charge in [0.05, 0.1) is 24.7 Å². The van der Waals surface area contributed by atoms with E-state index in [-0.39, 0.29) is 17.6 Å². The molecule has 124 valence electrons. The lowest BCUT2D eigenvalue weighted by atomic mass is 10.1. The van der Waals surface area contributed by atoms with Crippen LogP contribution in [0.1, 0.15) is 10.4 Å². The molecule has 24 heavy (non-hydrogen) atoms. The van der Waals surface area contributed by atoms with Crippen molar-refractivity contribution in [3.63, 3.8) is 0 Å². The number of imidazole rings is 1. The maximum atomic E-state index is 12.6. The molecule has 2 aromatic carbocycles. The summed E-state index contributed by atoms with van der Waals surface area (Å²) < 4.78 is 6.90. The van der Waals surface area contributed by atoms with Gasteiger partial charge >= 0.3 is 0 Å². The highest BCUT2D eigenvalue weighted by atomic mass is 35.5. The molecule has 1 aromatic heterocycles. The van der Waals surface area contributed by atoms with Crippen molar-refractivity contribution >= 4 is 34.1 Å². The number of benzene rings is 2. The third-order valence-corrected chi connectivity index (χ3v) is 4.20. The van der Waals surface area contributed by atoms with E-state index in [0.29, 0.717) is 16.8 Å². The smallest absolute Gasteiger partial charge is 0.204 e. The number of nitrogens with zero attached hydrogens (tertiary/aromatic N) is 3. The summed E-state index contributed by atoms with van der Waals surface area (Å²) in [5, 5.41) is 0.288. The molecule has 0 aliphatic carbocycles. The Morgan fingerprint density at radius 2 is 1.92 bits per heavy atom. The first-order valence-electron chi connectivity index (χ1n) is 7.50. The molecule has 0 aliphatic rings. The summed E-state index contributed by atoms with van der Waals surface area (Å²) in [6, 6.07) is 13.0. The van der Waals surface area contributed by atoms with Crippen LogP contribution in [0.25, 0.3) is 11.0 Å². The largest absolute Gasteiger partial charge is 0.497 e. The normalized spacial score (nSPS) is 10.8. The number of aromatic nitrogens is 2. The second-order valence-electron chi connectivity index (χ2n) is 5.69. The minimum Gasteiger partial charge on any atom is -0.497 e. The van der Waals surface area contributed by atoms with Crippen LogP contribution in [0.15, 0.2) is 42.5 Å². The van der Waals surface area contributed by atoms with Gasteiger partial charge in [0.1, 0.15) is 5.75 Å². The van der Waals surface area contributed by atoms with Gasteiger partial charge in [-0.15, -0.1) is 0 Å². The van der Waals surface area contributed by atoms with Crippen LogP contribution in [0.2, 0.25) is 5.28 Å². The van der Waals surface area contributed by atoms with Gasteiger partial charge in [-0.1, -0.05) is 0 Å². The zero-order valence-electron chi connectivity index (χ0n) is 13.8. The molecule has 3 rings (SSSR count). The third-order valence-electron chi connectivity index (χ3n) is 3.92. The first kappa shape index (κ1) is 16.3. The van der Waals surface area contributed by atoms with Crippen molar-refractivity contribution in [2.24, 2.45) is 0 Å². The van der Waals surface area contributed by atoms with E-state index in [1.165, 1.54) is 0 Å². The minimum absolute atomic E-state index is 0.0164. The fraction of sp³-hybridized carbons (Fsp3) is 0.222. The molecule has 1 heterocycles. The van der Waals surface area contributed by atoms with Crippen molar-refractivity contribution in [1.29, 1.82) is 0 Å². The van der Waals surface area contributed by atoms with Crippen LogP contribution in [0.4, 0.5) is 5.69 Å². The number of carbonyl (C=O) groups is 1. The molecule has 6 heteroatoms. The Labute approximate surface area is 145 Å². The van der Waals surface area contributed by atoms with Crippen molar-refractivity contribution in [3.8, 4) is 5.75 Å². The molecule has 0 bridgehead atoms. The Morgan fingerprint density at radius 3 is 2.54 bits per heavy atom. The lowest BCUT2D eigenvalue weighted by Gasteiger charge is -2.12.